The monoisotopic (exact) mass is 726 g/mol. The molecule has 0 radical (unpaired) electrons. The lowest BCUT2D eigenvalue weighted by Gasteiger charge is -2.14. The van der Waals surface area contributed by atoms with Gasteiger partial charge in [0.25, 0.3) is 0 Å². The van der Waals surface area contributed by atoms with Crippen molar-refractivity contribution in [3.8, 4) is 39.3 Å². The Morgan fingerprint density at radius 1 is 0.263 bits per heavy atom. The molecule has 0 saturated heterocycles. The van der Waals surface area contributed by atoms with Gasteiger partial charge in [-0.1, -0.05) is 115 Å². The first-order valence-corrected chi connectivity index (χ1v) is 19.5. The van der Waals surface area contributed by atoms with Crippen LogP contribution in [0.25, 0.3) is 105 Å². The Morgan fingerprint density at radius 2 is 0.737 bits per heavy atom. The summed E-state index contributed by atoms with van der Waals surface area (Å²) in [4.78, 5) is 4.54. The second-order valence-electron chi connectivity index (χ2n) is 14.9. The maximum atomic E-state index is 4.54. The standard InChI is InChI=1S/C53H34N4/c1-4-14-35(15-5-1)37-28-38(36-16-6-2-7-17-36)30-41(29-37)57-49-23-13-11-21-43(49)47-32-51-46(33-52(47)57)42-20-10-12-22-48(42)56(51)40-24-25-50-45(31-40)44-26-27-54-34-53(44)55(50)39-18-8-3-9-19-39/h1-34H. The van der Waals surface area contributed by atoms with E-state index in [4.69, 9.17) is 0 Å². The minimum absolute atomic E-state index is 1.10. The first-order valence-electron chi connectivity index (χ1n) is 19.5. The third-order valence-electron chi connectivity index (χ3n) is 11.7. The van der Waals surface area contributed by atoms with E-state index in [1.54, 1.807) is 0 Å². The summed E-state index contributed by atoms with van der Waals surface area (Å²) < 4.78 is 7.24. The summed E-state index contributed by atoms with van der Waals surface area (Å²) in [5.41, 5.74) is 15.2. The molecule has 0 saturated carbocycles. The molecular formula is C53H34N4. The average Bonchev–Trinajstić information content (AvgIpc) is 3.91. The van der Waals surface area contributed by atoms with Crippen LogP contribution >= 0.6 is 0 Å². The van der Waals surface area contributed by atoms with Crippen LogP contribution in [0.15, 0.2) is 207 Å². The van der Waals surface area contributed by atoms with E-state index in [9.17, 15) is 0 Å². The molecule has 57 heavy (non-hydrogen) atoms. The zero-order chi connectivity index (χ0) is 37.5. The zero-order valence-corrected chi connectivity index (χ0v) is 30.9. The van der Waals surface area contributed by atoms with Gasteiger partial charge in [0.05, 0.1) is 39.3 Å². The van der Waals surface area contributed by atoms with E-state index in [-0.39, 0.29) is 0 Å². The fourth-order valence-corrected chi connectivity index (χ4v) is 9.17. The lowest BCUT2D eigenvalue weighted by Crippen LogP contribution is -1.97. The molecule has 4 aromatic heterocycles. The topological polar surface area (TPSA) is 27.7 Å². The van der Waals surface area contributed by atoms with Crippen molar-refractivity contribution in [1.82, 2.24) is 18.7 Å². The Hall–Kier alpha value is -7.69. The van der Waals surface area contributed by atoms with Crippen LogP contribution in [0, 0.1) is 0 Å². The van der Waals surface area contributed by atoms with Crippen molar-refractivity contribution < 1.29 is 0 Å². The number of hydrogen-bond acceptors (Lipinski definition) is 1. The van der Waals surface area contributed by atoms with Crippen LogP contribution in [0.1, 0.15) is 0 Å². The molecule has 0 spiro atoms. The molecule has 12 rings (SSSR count). The number of hydrogen-bond donors (Lipinski definition) is 0. The summed E-state index contributed by atoms with van der Waals surface area (Å²) >= 11 is 0. The summed E-state index contributed by atoms with van der Waals surface area (Å²) in [5.74, 6) is 0. The molecule has 0 unspecified atom stereocenters. The van der Waals surface area contributed by atoms with E-state index in [0.717, 1.165) is 28.1 Å². The Kier molecular flexibility index (Phi) is 6.89. The third-order valence-corrected chi connectivity index (χ3v) is 11.7. The maximum absolute atomic E-state index is 4.54. The molecule has 266 valence electrons. The molecule has 0 bridgehead atoms. The smallest absolute Gasteiger partial charge is 0.0724 e. The number of nitrogens with zero attached hydrogens (tertiary/aromatic N) is 4. The number of pyridine rings is 1. The van der Waals surface area contributed by atoms with E-state index < -0.39 is 0 Å². The van der Waals surface area contributed by atoms with Crippen molar-refractivity contribution in [1.29, 1.82) is 0 Å². The minimum atomic E-state index is 1.10. The van der Waals surface area contributed by atoms with Crippen molar-refractivity contribution in [3.63, 3.8) is 0 Å². The van der Waals surface area contributed by atoms with Crippen molar-refractivity contribution in [2.75, 3.05) is 0 Å². The lowest BCUT2D eigenvalue weighted by atomic mass is 9.98. The molecular weight excluding hydrogens is 693 g/mol. The molecule has 0 atom stereocenters. The van der Waals surface area contributed by atoms with Gasteiger partial charge in [0, 0.05) is 55.6 Å². The molecule has 0 N–H and O–H groups in total. The maximum Gasteiger partial charge on any atom is 0.0724 e. The predicted molar refractivity (Wildman–Crippen MR) is 238 cm³/mol. The molecule has 0 aliphatic rings. The summed E-state index contributed by atoms with van der Waals surface area (Å²) in [6.07, 6.45) is 3.88. The number of fused-ring (bicyclic) bond motifs is 9. The van der Waals surface area contributed by atoms with Crippen LogP contribution < -0.4 is 0 Å². The number of benzene rings is 8. The minimum Gasteiger partial charge on any atom is -0.309 e. The van der Waals surface area contributed by atoms with Crippen molar-refractivity contribution >= 4 is 65.4 Å². The van der Waals surface area contributed by atoms with Gasteiger partial charge in [-0.25, -0.2) is 0 Å². The Labute approximate surface area is 328 Å². The lowest BCUT2D eigenvalue weighted by molar-refractivity contribution is 1.16. The molecule has 0 aliphatic carbocycles. The van der Waals surface area contributed by atoms with Crippen LogP contribution in [0.2, 0.25) is 0 Å². The highest BCUT2D eigenvalue weighted by atomic mass is 15.0. The normalized spacial score (nSPS) is 11.9. The van der Waals surface area contributed by atoms with E-state index >= 15 is 0 Å². The highest BCUT2D eigenvalue weighted by Crippen LogP contribution is 2.42. The van der Waals surface area contributed by atoms with Crippen molar-refractivity contribution in [3.05, 3.63) is 207 Å². The first-order chi connectivity index (χ1) is 28.3. The van der Waals surface area contributed by atoms with Gasteiger partial charge in [-0.3, -0.25) is 4.98 Å². The Morgan fingerprint density at radius 3 is 1.35 bits per heavy atom. The Bertz CT molecular complexity index is 3440. The van der Waals surface area contributed by atoms with Crippen LogP contribution in [-0.4, -0.2) is 18.7 Å². The van der Waals surface area contributed by atoms with Crippen LogP contribution in [-0.2, 0) is 0 Å². The molecule has 0 amide bonds. The second-order valence-corrected chi connectivity index (χ2v) is 14.9. The summed E-state index contributed by atoms with van der Waals surface area (Å²) in [6, 6.07) is 70.6. The molecule has 0 fully saturated rings. The second kappa shape index (κ2) is 12.4. The van der Waals surface area contributed by atoms with Gasteiger partial charge < -0.3 is 13.7 Å². The largest absolute Gasteiger partial charge is 0.309 e. The summed E-state index contributed by atoms with van der Waals surface area (Å²) in [6.45, 7) is 0. The van der Waals surface area contributed by atoms with Gasteiger partial charge in [-0.05, 0) is 101 Å². The van der Waals surface area contributed by atoms with Gasteiger partial charge in [0.1, 0.15) is 0 Å². The summed E-state index contributed by atoms with van der Waals surface area (Å²) in [7, 11) is 0. The molecule has 4 heteroatoms. The molecule has 0 aliphatic heterocycles. The van der Waals surface area contributed by atoms with Gasteiger partial charge in [-0.2, -0.15) is 0 Å². The molecule has 4 nitrogen and oxygen atoms in total. The average molecular weight is 727 g/mol. The van der Waals surface area contributed by atoms with Gasteiger partial charge in [0.15, 0.2) is 0 Å². The number of rotatable bonds is 5. The van der Waals surface area contributed by atoms with Gasteiger partial charge >= 0.3 is 0 Å². The fourth-order valence-electron chi connectivity index (χ4n) is 9.17. The third kappa shape index (κ3) is 4.84. The quantitative estimate of drug-likeness (QED) is 0.174. The number of para-hydroxylation sites is 3. The SMILES string of the molecule is c1ccc(-c2cc(-c3ccccc3)cc(-n3c4ccccc4c4cc5c(cc43)c3ccccc3n5-c3ccc4c(c3)c3ccncc3n4-c3ccccc3)c2)cc1. The zero-order valence-electron chi connectivity index (χ0n) is 30.9. The highest BCUT2D eigenvalue weighted by molar-refractivity contribution is 6.19. The molecule has 4 heterocycles. The molecule has 12 aromatic rings. The number of aromatic nitrogens is 4. The van der Waals surface area contributed by atoms with Crippen LogP contribution in [0.3, 0.4) is 0 Å². The Balaban J connectivity index is 1.14. The summed E-state index contributed by atoms with van der Waals surface area (Å²) in [5, 5.41) is 7.29. The molecule has 8 aromatic carbocycles. The highest BCUT2D eigenvalue weighted by Gasteiger charge is 2.20. The predicted octanol–water partition coefficient (Wildman–Crippen LogP) is 13.7. The van der Waals surface area contributed by atoms with Crippen molar-refractivity contribution in [2.45, 2.75) is 0 Å². The van der Waals surface area contributed by atoms with Crippen molar-refractivity contribution in [2.24, 2.45) is 0 Å². The van der Waals surface area contributed by atoms with Gasteiger partial charge in [-0.15, -0.1) is 0 Å². The van der Waals surface area contributed by atoms with Crippen LogP contribution in [0.5, 0.6) is 0 Å². The first kappa shape index (κ1) is 31.6. The van der Waals surface area contributed by atoms with Crippen LogP contribution in [0.4, 0.5) is 0 Å². The van der Waals surface area contributed by atoms with E-state index in [1.807, 2.05) is 12.4 Å². The fraction of sp³-hybridized carbons (Fsp3) is 0. The van der Waals surface area contributed by atoms with E-state index in [1.165, 1.54) is 76.6 Å². The van der Waals surface area contributed by atoms with E-state index in [0.29, 0.717) is 0 Å². The van der Waals surface area contributed by atoms with E-state index in [2.05, 4.69) is 213 Å². The van der Waals surface area contributed by atoms with Gasteiger partial charge in [0.2, 0.25) is 0 Å².